The molecule has 0 radical (unpaired) electrons. The minimum absolute atomic E-state index is 0.000302. The van der Waals surface area contributed by atoms with E-state index in [1.54, 1.807) is 23.1 Å². The van der Waals surface area contributed by atoms with Crippen molar-refractivity contribution in [1.82, 2.24) is 10.2 Å². The van der Waals surface area contributed by atoms with Gasteiger partial charge in [0, 0.05) is 42.0 Å². The zero-order valence-corrected chi connectivity index (χ0v) is 27.0. The van der Waals surface area contributed by atoms with Gasteiger partial charge < -0.3 is 10.2 Å². The van der Waals surface area contributed by atoms with E-state index in [4.69, 9.17) is 34.8 Å². The summed E-state index contributed by atoms with van der Waals surface area (Å²) in [4.78, 5) is 29.1. The van der Waals surface area contributed by atoms with Crippen LogP contribution in [0.4, 0.5) is 5.69 Å². The first-order valence-corrected chi connectivity index (χ1v) is 16.7. The summed E-state index contributed by atoms with van der Waals surface area (Å²) in [5, 5.41) is 4.17. The number of nitrogens with zero attached hydrogens (tertiary/aromatic N) is 2. The molecule has 11 heteroatoms. The van der Waals surface area contributed by atoms with Crippen molar-refractivity contribution in [2.75, 3.05) is 17.1 Å². The molecule has 226 valence electrons. The number of carbonyl (C=O) groups is 2. The molecule has 0 saturated carbocycles. The van der Waals surface area contributed by atoms with Gasteiger partial charge in [-0.2, -0.15) is 0 Å². The number of amides is 2. The fourth-order valence-electron chi connectivity index (χ4n) is 4.44. The minimum Gasteiger partial charge on any atom is -0.352 e. The molecule has 0 aliphatic heterocycles. The van der Waals surface area contributed by atoms with E-state index < -0.39 is 16.1 Å². The molecule has 2 amide bonds. The molecule has 1 N–H and O–H groups in total. The molecule has 0 heterocycles. The van der Waals surface area contributed by atoms with Crippen LogP contribution in [-0.2, 0) is 32.6 Å². The number of sulfonamides is 1. The van der Waals surface area contributed by atoms with Gasteiger partial charge in [0.25, 0.3) is 0 Å². The fourth-order valence-corrected chi connectivity index (χ4v) is 5.97. The molecule has 3 rings (SSSR count). The highest BCUT2D eigenvalue weighted by Crippen LogP contribution is 2.31. The summed E-state index contributed by atoms with van der Waals surface area (Å²) in [5.74, 6) is -0.533. The summed E-state index contributed by atoms with van der Waals surface area (Å²) in [7, 11) is -3.73. The largest absolute Gasteiger partial charge is 0.352 e. The molecular formula is C31H36Cl3N3O4S. The van der Waals surface area contributed by atoms with Crippen molar-refractivity contribution in [3.8, 4) is 0 Å². The van der Waals surface area contributed by atoms with Crippen LogP contribution in [0.15, 0.2) is 72.8 Å². The number of hydrogen-bond donors (Lipinski definition) is 1. The molecule has 0 saturated heterocycles. The van der Waals surface area contributed by atoms with E-state index in [0.29, 0.717) is 16.5 Å². The highest BCUT2D eigenvalue weighted by Gasteiger charge is 2.31. The average molecular weight is 653 g/mol. The topological polar surface area (TPSA) is 86.8 Å². The van der Waals surface area contributed by atoms with Crippen LogP contribution in [0.3, 0.4) is 0 Å². The number of hydrogen-bond acceptors (Lipinski definition) is 4. The van der Waals surface area contributed by atoms with Crippen LogP contribution in [0.2, 0.25) is 15.1 Å². The smallest absolute Gasteiger partial charge is 0.243 e. The van der Waals surface area contributed by atoms with Crippen LogP contribution >= 0.6 is 34.8 Å². The van der Waals surface area contributed by atoms with Gasteiger partial charge in [0.2, 0.25) is 21.8 Å². The normalized spacial score (nSPS) is 12.8. The van der Waals surface area contributed by atoms with E-state index in [1.807, 2.05) is 56.3 Å². The van der Waals surface area contributed by atoms with E-state index in [2.05, 4.69) is 5.32 Å². The van der Waals surface area contributed by atoms with Gasteiger partial charge in [-0.3, -0.25) is 13.9 Å². The molecule has 7 nitrogen and oxygen atoms in total. The van der Waals surface area contributed by atoms with Gasteiger partial charge in [-0.15, -0.1) is 0 Å². The van der Waals surface area contributed by atoms with E-state index in [0.717, 1.165) is 28.1 Å². The molecule has 3 aromatic carbocycles. The Kier molecular flexibility index (Phi) is 12.5. The second kappa shape index (κ2) is 15.6. The van der Waals surface area contributed by atoms with Gasteiger partial charge in [-0.05, 0) is 61.2 Å². The second-order valence-corrected chi connectivity index (χ2v) is 13.4. The number of benzene rings is 3. The van der Waals surface area contributed by atoms with Gasteiger partial charge in [-0.1, -0.05) is 84.2 Å². The monoisotopic (exact) mass is 651 g/mol. The fraction of sp³-hybridized carbons (Fsp3) is 0.355. The lowest BCUT2D eigenvalue weighted by atomic mass is 10.0. The Morgan fingerprint density at radius 2 is 1.55 bits per heavy atom. The summed E-state index contributed by atoms with van der Waals surface area (Å²) in [5.41, 5.74) is 1.97. The van der Waals surface area contributed by atoms with E-state index in [1.165, 1.54) is 12.1 Å². The summed E-state index contributed by atoms with van der Waals surface area (Å²) >= 11 is 18.5. The molecule has 0 aliphatic rings. The molecule has 0 aromatic heterocycles. The van der Waals surface area contributed by atoms with Crippen molar-refractivity contribution in [2.24, 2.45) is 0 Å². The zero-order valence-electron chi connectivity index (χ0n) is 23.9. The number of carbonyl (C=O) groups excluding carboxylic acids is 2. The maximum atomic E-state index is 13.9. The van der Waals surface area contributed by atoms with Gasteiger partial charge >= 0.3 is 0 Å². The molecule has 3 aromatic rings. The van der Waals surface area contributed by atoms with Crippen LogP contribution in [0, 0.1) is 0 Å². The van der Waals surface area contributed by atoms with Crippen molar-refractivity contribution >= 4 is 62.3 Å². The average Bonchev–Trinajstić information content (AvgIpc) is 2.95. The van der Waals surface area contributed by atoms with Crippen LogP contribution in [0.5, 0.6) is 0 Å². The van der Waals surface area contributed by atoms with Crippen LogP contribution < -0.4 is 9.62 Å². The molecule has 0 fully saturated rings. The predicted molar refractivity (Wildman–Crippen MR) is 172 cm³/mol. The SMILES string of the molecule is CCC(C)NC(=O)C(Cc1ccccc1)N(Cc1ccc(Cl)cc1)C(=O)CCCN(c1cc(Cl)ccc1Cl)S(C)(=O)=O. The summed E-state index contributed by atoms with van der Waals surface area (Å²) in [6.45, 7) is 4.08. The third-order valence-corrected chi connectivity index (χ3v) is 8.85. The molecule has 0 aliphatic carbocycles. The van der Waals surface area contributed by atoms with E-state index in [9.17, 15) is 18.0 Å². The number of anilines is 1. The van der Waals surface area contributed by atoms with Crippen molar-refractivity contribution in [3.05, 3.63) is 99.0 Å². The molecule has 2 unspecified atom stereocenters. The number of halogens is 3. The first-order valence-electron chi connectivity index (χ1n) is 13.7. The predicted octanol–water partition coefficient (Wildman–Crippen LogP) is 6.75. The maximum absolute atomic E-state index is 13.9. The van der Waals surface area contributed by atoms with Crippen molar-refractivity contribution < 1.29 is 18.0 Å². The Balaban J connectivity index is 1.90. The molecular weight excluding hydrogens is 617 g/mol. The Hall–Kier alpha value is -2.78. The van der Waals surface area contributed by atoms with E-state index >= 15 is 0 Å². The van der Waals surface area contributed by atoms with E-state index in [-0.39, 0.29) is 54.5 Å². The third kappa shape index (κ3) is 9.90. The molecule has 2 atom stereocenters. The Bertz CT molecular complexity index is 1450. The highest BCUT2D eigenvalue weighted by molar-refractivity contribution is 7.92. The zero-order chi connectivity index (χ0) is 30.9. The summed E-state index contributed by atoms with van der Waals surface area (Å²) in [6.07, 6.45) is 2.32. The van der Waals surface area contributed by atoms with Crippen molar-refractivity contribution in [2.45, 2.75) is 58.2 Å². The van der Waals surface area contributed by atoms with Gasteiger partial charge in [0.05, 0.1) is 17.0 Å². The standard InChI is InChI=1S/C31H36Cl3N3O4S/c1-4-22(2)35-31(39)29(19-23-9-6-5-7-10-23)36(21-24-12-14-25(32)15-13-24)30(38)11-8-18-37(42(3,40)41)28-20-26(33)16-17-27(28)34/h5-7,9-10,12-17,20,22,29H,4,8,11,18-19,21H2,1-3H3,(H,35,39). The Morgan fingerprint density at radius 3 is 2.17 bits per heavy atom. The molecule has 0 spiro atoms. The second-order valence-electron chi connectivity index (χ2n) is 10.2. The van der Waals surface area contributed by atoms with Crippen LogP contribution in [0.1, 0.15) is 44.2 Å². The van der Waals surface area contributed by atoms with Crippen LogP contribution in [0.25, 0.3) is 0 Å². The number of rotatable bonds is 14. The minimum atomic E-state index is -3.73. The Morgan fingerprint density at radius 1 is 0.905 bits per heavy atom. The molecule has 42 heavy (non-hydrogen) atoms. The summed E-state index contributed by atoms with van der Waals surface area (Å²) < 4.78 is 26.5. The van der Waals surface area contributed by atoms with Gasteiger partial charge in [0.1, 0.15) is 6.04 Å². The van der Waals surface area contributed by atoms with Gasteiger partial charge in [0.15, 0.2) is 0 Å². The maximum Gasteiger partial charge on any atom is 0.243 e. The first-order chi connectivity index (χ1) is 19.9. The van der Waals surface area contributed by atoms with Gasteiger partial charge in [-0.25, -0.2) is 8.42 Å². The Labute approximate surface area is 263 Å². The lowest BCUT2D eigenvalue weighted by Crippen LogP contribution is -2.52. The quantitative estimate of drug-likeness (QED) is 0.209. The highest BCUT2D eigenvalue weighted by atomic mass is 35.5. The first kappa shape index (κ1) is 33.7. The van der Waals surface area contributed by atoms with Crippen molar-refractivity contribution in [3.63, 3.8) is 0 Å². The van der Waals surface area contributed by atoms with Crippen molar-refractivity contribution in [1.29, 1.82) is 0 Å². The third-order valence-electron chi connectivity index (χ3n) is 6.87. The van der Waals surface area contributed by atoms with Crippen LogP contribution in [-0.4, -0.2) is 50.0 Å². The molecule has 0 bridgehead atoms. The summed E-state index contributed by atoms with van der Waals surface area (Å²) in [6, 6.07) is 20.4. The lowest BCUT2D eigenvalue weighted by molar-refractivity contribution is -0.141. The number of nitrogens with one attached hydrogen (secondary N) is 1. The lowest BCUT2D eigenvalue weighted by Gasteiger charge is -2.32.